The van der Waals surface area contributed by atoms with Crippen LogP contribution < -0.4 is 14.2 Å². The molecule has 0 heterocycles. The fraction of sp³-hybridized carbons (Fsp3) is 0.286. The van der Waals surface area contributed by atoms with Gasteiger partial charge in [-0.1, -0.05) is 44.3 Å². The van der Waals surface area contributed by atoms with E-state index in [9.17, 15) is 14.4 Å². The number of hydrogen-bond donors (Lipinski definition) is 0. The smallest absolute Gasteiger partial charge is 0.338 e. The maximum Gasteiger partial charge on any atom is 0.338 e. The minimum Gasteiger partial charge on any atom is -0.493 e. The Morgan fingerprint density at radius 2 is 1.05 bits per heavy atom. The zero-order valence-corrected chi connectivity index (χ0v) is 25.0. The Balaban J connectivity index is 1.70. The van der Waals surface area contributed by atoms with Crippen molar-refractivity contribution in [1.29, 1.82) is 0 Å². The summed E-state index contributed by atoms with van der Waals surface area (Å²) in [6.07, 6.45) is 1.51. The van der Waals surface area contributed by atoms with Crippen LogP contribution in [0.25, 0.3) is 22.3 Å². The molecule has 0 amide bonds. The van der Waals surface area contributed by atoms with E-state index in [0.717, 1.165) is 22.3 Å². The molecule has 0 aliphatic heterocycles. The van der Waals surface area contributed by atoms with Crippen molar-refractivity contribution in [1.82, 2.24) is 0 Å². The number of carbonyl (C=O) groups excluding carboxylic acids is 3. The highest BCUT2D eigenvalue weighted by atomic mass is 16.5. The number of ether oxygens (including phenoxy) is 5. The van der Waals surface area contributed by atoms with Gasteiger partial charge in [0.2, 0.25) is 0 Å². The molecule has 226 valence electrons. The molecule has 43 heavy (non-hydrogen) atoms. The first-order chi connectivity index (χ1) is 20.7. The lowest BCUT2D eigenvalue weighted by atomic mass is 9.98. The van der Waals surface area contributed by atoms with Crippen LogP contribution in [-0.4, -0.2) is 44.3 Å². The van der Waals surface area contributed by atoms with Crippen LogP contribution in [0.2, 0.25) is 0 Å². The number of hydrogen-bond acceptors (Lipinski definition) is 8. The number of carbonyl (C=O) groups is 3. The summed E-state index contributed by atoms with van der Waals surface area (Å²) < 4.78 is 27.3. The van der Waals surface area contributed by atoms with E-state index >= 15 is 0 Å². The topological polar surface area (TPSA) is 97.4 Å². The second-order valence-corrected chi connectivity index (χ2v) is 9.86. The standard InChI is InChI=1S/C35H38O8/c1-6-33(36)41-19-7-17-39-30-13-9-26(10-14-30)28-21-29(23-32(22-28)43-35(38)25(4)5)27-11-15-31(16-12-27)40-18-8-20-42-34(37)24(2)3/h9-16,21-23H,2,4,6-8,17-20H2,1,3,5H3. The summed E-state index contributed by atoms with van der Waals surface area (Å²) in [5.74, 6) is 0.632. The SMILES string of the molecule is C=C(C)C(=O)OCCCOc1ccc(-c2cc(OC(=O)C(=C)C)cc(-c3ccc(OCCCOC(=O)CC)cc3)c2)cc1. The summed E-state index contributed by atoms with van der Waals surface area (Å²) in [6, 6.07) is 20.8. The Hall–Kier alpha value is -4.85. The van der Waals surface area contributed by atoms with Crippen molar-refractivity contribution in [2.45, 2.75) is 40.0 Å². The van der Waals surface area contributed by atoms with Crippen molar-refractivity contribution in [3.8, 4) is 39.5 Å². The zero-order valence-electron chi connectivity index (χ0n) is 25.0. The third kappa shape index (κ3) is 10.8. The second kappa shape index (κ2) is 16.6. The molecule has 8 heteroatoms. The molecular formula is C35H38O8. The zero-order chi connectivity index (χ0) is 31.2. The average molecular weight is 587 g/mol. The van der Waals surface area contributed by atoms with Gasteiger partial charge < -0.3 is 23.7 Å². The molecule has 0 aliphatic carbocycles. The normalized spacial score (nSPS) is 10.4. The van der Waals surface area contributed by atoms with Gasteiger partial charge in [-0.25, -0.2) is 9.59 Å². The lowest BCUT2D eigenvalue weighted by Crippen LogP contribution is -2.09. The van der Waals surface area contributed by atoms with Gasteiger partial charge in [0, 0.05) is 30.4 Å². The highest BCUT2D eigenvalue weighted by Gasteiger charge is 2.11. The predicted octanol–water partition coefficient (Wildman–Crippen LogP) is 7.11. The van der Waals surface area contributed by atoms with Crippen molar-refractivity contribution in [2.75, 3.05) is 26.4 Å². The molecule has 8 nitrogen and oxygen atoms in total. The van der Waals surface area contributed by atoms with E-state index in [1.807, 2.05) is 54.6 Å². The molecule has 3 aromatic rings. The van der Waals surface area contributed by atoms with Gasteiger partial charge in [-0.3, -0.25) is 4.79 Å². The number of rotatable bonds is 16. The van der Waals surface area contributed by atoms with Gasteiger partial charge in [-0.05, 0) is 78.6 Å². The predicted molar refractivity (Wildman–Crippen MR) is 165 cm³/mol. The number of esters is 3. The lowest BCUT2D eigenvalue weighted by Gasteiger charge is -2.13. The van der Waals surface area contributed by atoms with Crippen LogP contribution in [0.1, 0.15) is 40.0 Å². The highest BCUT2D eigenvalue weighted by Crippen LogP contribution is 2.33. The summed E-state index contributed by atoms with van der Waals surface area (Å²) in [5, 5.41) is 0. The molecule has 0 atom stereocenters. The Kier molecular flexibility index (Phi) is 12.6. The van der Waals surface area contributed by atoms with Gasteiger partial charge in [0.25, 0.3) is 0 Å². The van der Waals surface area contributed by atoms with Crippen molar-refractivity contribution < 1.29 is 38.1 Å². The molecule has 0 saturated carbocycles. The number of benzene rings is 3. The summed E-state index contributed by atoms with van der Waals surface area (Å²) >= 11 is 0. The van der Waals surface area contributed by atoms with Crippen LogP contribution in [-0.2, 0) is 23.9 Å². The molecule has 0 radical (unpaired) electrons. The maximum atomic E-state index is 12.3. The molecule has 0 N–H and O–H groups in total. The molecular weight excluding hydrogens is 548 g/mol. The van der Waals surface area contributed by atoms with Crippen LogP contribution >= 0.6 is 0 Å². The molecule has 0 bridgehead atoms. The third-order valence-electron chi connectivity index (χ3n) is 6.09. The maximum absolute atomic E-state index is 12.3. The van der Waals surface area contributed by atoms with Gasteiger partial charge in [-0.2, -0.15) is 0 Å². The first kappa shape index (κ1) is 32.7. The Morgan fingerprint density at radius 3 is 1.49 bits per heavy atom. The molecule has 3 rings (SSSR count). The summed E-state index contributed by atoms with van der Waals surface area (Å²) in [5.41, 5.74) is 4.18. The van der Waals surface area contributed by atoms with E-state index in [2.05, 4.69) is 13.2 Å². The fourth-order valence-electron chi connectivity index (χ4n) is 3.75. The molecule has 0 saturated heterocycles. The van der Waals surface area contributed by atoms with Gasteiger partial charge in [-0.15, -0.1) is 0 Å². The van der Waals surface area contributed by atoms with Crippen molar-refractivity contribution in [3.63, 3.8) is 0 Å². The van der Waals surface area contributed by atoms with E-state index in [-0.39, 0.29) is 12.6 Å². The highest BCUT2D eigenvalue weighted by molar-refractivity contribution is 5.89. The van der Waals surface area contributed by atoms with Gasteiger partial charge >= 0.3 is 17.9 Å². The van der Waals surface area contributed by atoms with Crippen LogP contribution in [0.3, 0.4) is 0 Å². The minimum atomic E-state index is -0.505. The van der Waals surface area contributed by atoms with Crippen LogP contribution in [0.5, 0.6) is 17.2 Å². The average Bonchev–Trinajstić information content (AvgIpc) is 3.00. The van der Waals surface area contributed by atoms with Gasteiger partial charge in [0.15, 0.2) is 0 Å². The summed E-state index contributed by atoms with van der Waals surface area (Å²) in [4.78, 5) is 35.0. The monoisotopic (exact) mass is 586 g/mol. The Morgan fingerprint density at radius 1 is 0.581 bits per heavy atom. The first-order valence-corrected chi connectivity index (χ1v) is 14.1. The molecule has 0 aliphatic rings. The minimum absolute atomic E-state index is 0.222. The van der Waals surface area contributed by atoms with Crippen LogP contribution in [0.15, 0.2) is 91.0 Å². The van der Waals surface area contributed by atoms with Crippen LogP contribution in [0.4, 0.5) is 0 Å². The van der Waals surface area contributed by atoms with E-state index in [4.69, 9.17) is 23.7 Å². The second-order valence-electron chi connectivity index (χ2n) is 9.86. The molecule has 0 unspecified atom stereocenters. The quantitative estimate of drug-likeness (QED) is 0.0758. The van der Waals surface area contributed by atoms with E-state index in [1.54, 1.807) is 32.9 Å². The van der Waals surface area contributed by atoms with E-state index in [0.29, 0.717) is 67.5 Å². The third-order valence-corrected chi connectivity index (χ3v) is 6.09. The first-order valence-electron chi connectivity index (χ1n) is 14.1. The molecule has 0 fully saturated rings. The van der Waals surface area contributed by atoms with Crippen LogP contribution in [0, 0.1) is 0 Å². The molecule has 0 aromatic heterocycles. The fourth-order valence-corrected chi connectivity index (χ4v) is 3.75. The summed E-state index contributed by atoms with van der Waals surface area (Å²) in [6.45, 7) is 13.6. The molecule has 0 spiro atoms. The largest absolute Gasteiger partial charge is 0.493 e. The Labute approximate surface area is 252 Å². The summed E-state index contributed by atoms with van der Waals surface area (Å²) in [7, 11) is 0. The Bertz CT molecular complexity index is 1420. The van der Waals surface area contributed by atoms with Gasteiger partial charge in [0.1, 0.15) is 17.2 Å². The van der Waals surface area contributed by atoms with Crippen molar-refractivity contribution in [2.24, 2.45) is 0 Å². The van der Waals surface area contributed by atoms with Crippen molar-refractivity contribution in [3.05, 3.63) is 91.0 Å². The lowest BCUT2D eigenvalue weighted by molar-refractivity contribution is -0.143. The molecule has 3 aromatic carbocycles. The van der Waals surface area contributed by atoms with Crippen molar-refractivity contribution >= 4 is 17.9 Å². The van der Waals surface area contributed by atoms with E-state index in [1.165, 1.54) is 0 Å². The van der Waals surface area contributed by atoms with E-state index < -0.39 is 11.9 Å². The van der Waals surface area contributed by atoms with Gasteiger partial charge in [0.05, 0.1) is 26.4 Å².